The Morgan fingerprint density at radius 2 is 1.90 bits per heavy atom. The molecule has 0 fully saturated rings. The SMILES string of the molecule is Clc1ccccc1CC(CBr)CC1Cc2ccccc2S1. The molecule has 0 aliphatic carbocycles. The van der Waals surface area contributed by atoms with E-state index >= 15 is 0 Å². The molecule has 3 heteroatoms. The summed E-state index contributed by atoms with van der Waals surface area (Å²) in [6.07, 6.45) is 3.49. The molecular formula is C18H18BrClS. The highest BCUT2D eigenvalue weighted by molar-refractivity contribution is 9.09. The summed E-state index contributed by atoms with van der Waals surface area (Å²) in [5.74, 6) is 0.636. The molecule has 0 nitrogen and oxygen atoms in total. The van der Waals surface area contributed by atoms with Crippen molar-refractivity contribution in [2.45, 2.75) is 29.4 Å². The molecule has 0 bridgehead atoms. The molecule has 3 rings (SSSR count). The zero-order valence-electron chi connectivity index (χ0n) is 11.8. The summed E-state index contributed by atoms with van der Waals surface area (Å²) in [6.45, 7) is 0. The number of hydrogen-bond acceptors (Lipinski definition) is 1. The van der Waals surface area contributed by atoms with Crippen molar-refractivity contribution in [3.63, 3.8) is 0 Å². The van der Waals surface area contributed by atoms with Crippen LogP contribution in [-0.2, 0) is 12.8 Å². The van der Waals surface area contributed by atoms with Crippen LogP contribution in [0.15, 0.2) is 53.4 Å². The zero-order valence-corrected chi connectivity index (χ0v) is 14.9. The topological polar surface area (TPSA) is 0 Å². The third-order valence-corrected chi connectivity index (χ3v) is 6.62. The number of hydrogen-bond donors (Lipinski definition) is 0. The van der Waals surface area contributed by atoms with Crippen LogP contribution in [0.1, 0.15) is 17.5 Å². The summed E-state index contributed by atoms with van der Waals surface area (Å²) in [5, 5.41) is 2.63. The largest absolute Gasteiger partial charge is 0.122 e. The van der Waals surface area contributed by atoms with E-state index in [1.807, 2.05) is 23.9 Å². The fourth-order valence-electron chi connectivity index (χ4n) is 2.93. The molecule has 0 spiro atoms. The van der Waals surface area contributed by atoms with E-state index < -0.39 is 0 Å². The highest BCUT2D eigenvalue weighted by Gasteiger charge is 2.24. The molecule has 1 heterocycles. The van der Waals surface area contributed by atoms with Crippen molar-refractivity contribution in [2.24, 2.45) is 5.92 Å². The van der Waals surface area contributed by atoms with Crippen LogP contribution in [-0.4, -0.2) is 10.6 Å². The Bertz CT molecular complexity index is 589. The summed E-state index contributed by atoms with van der Waals surface area (Å²) in [4.78, 5) is 1.47. The minimum absolute atomic E-state index is 0.636. The molecule has 2 atom stereocenters. The van der Waals surface area contributed by atoms with Gasteiger partial charge in [0, 0.05) is 20.5 Å². The quantitative estimate of drug-likeness (QED) is 0.572. The molecule has 2 aromatic rings. The summed E-state index contributed by atoms with van der Waals surface area (Å²) in [6, 6.07) is 17.0. The van der Waals surface area contributed by atoms with E-state index in [0.29, 0.717) is 11.2 Å². The lowest BCUT2D eigenvalue weighted by Gasteiger charge is -2.18. The molecular weight excluding hydrogens is 364 g/mol. The van der Waals surface area contributed by atoms with Gasteiger partial charge in [0.2, 0.25) is 0 Å². The zero-order chi connectivity index (χ0) is 14.7. The number of alkyl halides is 1. The molecule has 0 saturated carbocycles. The predicted octanol–water partition coefficient (Wildman–Crippen LogP) is 6.00. The van der Waals surface area contributed by atoms with Gasteiger partial charge in [-0.3, -0.25) is 0 Å². The van der Waals surface area contributed by atoms with Crippen molar-refractivity contribution >= 4 is 39.3 Å². The second kappa shape index (κ2) is 7.21. The summed E-state index contributed by atoms with van der Waals surface area (Å²) < 4.78 is 0. The summed E-state index contributed by atoms with van der Waals surface area (Å²) in [5.41, 5.74) is 2.78. The van der Waals surface area contributed by atoms with Crippen LogP contribution in [0.25, 0.3) is 0 Å². The van der Waals surface area contributed by atoms with Gasteiger partial charge in [-0.05, 0) is 48.4 Å². The smallest absolute Gasteiger partial charge is 0.0438 e. The number of halogens is 2. The second-order valence-corrected chi connectivity index (χ2v) is 8.00. The van der Waals surface area contributed by atoms with E-state index in [0.717, 1.165) is 16.8 Å². The van der Waals surface area contributed by atoms with Crippen molar-refractivity contribution in [3.05, 3.63) is 64.7 Å². The lowest BCUT2D eigenvalue weighted by Crippen LogP contribution is -2.14. The van der Waals surface area contributed by atoms with Gasteiger partial charge in [0.05, 0.1) is 0 Å². The average molecular weight is 382 g/mol. The average Bonchev–Trinajstić information content (AvgIpc) is 2.91. The van der Waals surface area contributed by atoms with Crippen LogP contribution >= 0.6 is 39.3 Å². The molecule has 0 amide bonds. The van der Waals surface area contributed by atoms with Crippen LogP contribution in [0.2, 0.25) is 5.02 Å². The van der Waals surface area contributed by atoms with Crippen LogP contribution in [0.5, 0.6) is 0 Å². The van der Waals surface area contributed by atoms with Gasteiger partial charge in [-0.1, -0.05) is 63.9 Å². The minimum atomic E-state index is 0.636. The number of benzene rings is 2. The Morgan fingerprint density at radius 1 is 1.14 bits per heavy atom. The Morgan fingerprint density at radius 3 is 2.67 bits per heavy atom. The van der Waals surface area contributed by atoms with E-state index in [2.05, 4.69) is 52.3 Å². The molecule has 2 aromatic carbocycles. The maximum Gasteiger partial charge on any atom is 0.0438 e. The van der Waals surface area contributed by atoms with Gasteiger partial charge in [0.15, 0.2) is 0 Å². The fraction of sp³-hybridized carbons (Fsp3) is 0.333. The van der Waals surface area contributed by atoms with E-state index in [1.54, 1.807) is 0 Å². The van der Waals surface area contributed by atoms with Crippen molar-refractivity contribution in [3.8, 4) is 0 Å². The van der Waals surface area contributed by atoms with E-state index in [9.17, 15) is 0 Å². The molecule has 0 saturated heterocycles. The summed E-state index contributed by atoms with van der Waals surface area (Å²) >= 11 is 12.0. The lowest BCUT2D eigenvalue weighted by molar-refractivity contribution is 0.530. The maximum atomic E-state index is 6.29. The first-order valence-corrected chi connectivity index (χ1v) is 9.68. The maximum absolute atomic E-state index is 6.29. The number of fused-ring (bicyclic) bond motifs is 1. The Hall–Kier alpha value is -0.440. The molecule has 0 radical (unpaired) electrons. The van der Waals surface area contributed by atoms with Crippen LogP contribution in [0.3, 0.4) is 0 Å². The van der Waals surface area contributed by atoms with Gasteiger partial charge in [-0.2, -0.15) is 0 Å². The highest BCUT2D eigenvalue weighted by atomic mass is 79.9. The normalized spacial score (nSPS) is 18.5. The highest BCUT2D eigenvalue weighted by Crippen LogP contribution is 2.40. The molecule has 0 N–H and O–H groups in total. The van der Waals surface area contributed by atoms with Gasteiger partial charge in [0.1, 0.15) is 0 Å². The number of rotatable bonds is 5. The summed E-state index contributed by atoms with van der Waals surface area (Å²) in [7, 11) is 0. The Balaban J connectivity index is 1.63. The van der Waals surface area contributed by atoms with Crippen molar-refractivity contribution in [1.29, 1.82) is 0 Å². The van der Waals surface area contributed by atoms with E-state index in [4.69, 9.17) is 11.6 Å². The Labute approximate surface area is 144 Å². The van der Waals surface area contributed by atoms with Gasteiger partial charge in [0.25, 0.3) is 0 Å². The van der Waals surface area contributed by atoms with Crippen LogP contribution in [0.4, 0.5) is 0 Å². The minimum Gasteiger partial charge on any atom is -0.122 e. The van der Waals surface area contributed by atoms with Gasteiger partial charge in [-0.25, -0.2) is 0 Å². The van der Waals surface area contributed by atoms with Gasteiger partial charge >= 0.3 is 0 Å². The van der Waals surface area contributed by atoms with E-state index in [-0.39, 0.29) is 0 Å². The predicted molar refractivity (Wildman–Crippen MR) is 96.8 cm³/mol. The number of thioether (sulfide) groups is 1. The Kier molecular flexibility index (Phi) is 5.31. The first kappa shape index (κ1) is 15.5. The first-order valence-electron chi connectivity index (χ1n) is 7.30. The van der Waals surface area contributed by atoms with Gasteiger partial charge < -0.3 is 0 Å². The van der Waals surface area contributed by atoms with Crippen LogP contribution < -0.4 is 0 Å². The molecule has 21 heavy (non-hydrogen) atoms. The first-order chi connectivity index (χ1) is 10.3. The third kappa shape index (κ3) is 3.85. The monoisotopic (exact) mass is 380 g/mol. The van der Waals surface area contributed by atoms with Gasteiger partial charge in [-0.15, -0.1) is 11.8 Å². The van der Waals surface area contributed by atoms with Crippen molar-refractivity contribution in [2.75, 3.05) is 5.33 Å². The molecule has 1 aliphatic rings. The van der Waals surface area contributed by atoms with Crippen molar-refractivity contribution < 1.29 is 0 Å². The van der Waals surface area contributed by atoms with E-state index in [1.165, 1.54) is 28.9 Å². The molecule has 110 valence electrons. The molecule has 1 aliphatic heterocycles. The third-order valence-electron chi connectivity index (χ3n) is 3.99. The fourth-order valence-corrected chi connectivity index (χ4v) is 5.09. The second-order valence-electron chi connectivity index (χ2n) is 5.60. The standard InChI is InChI=1S/C18H18BrClS/c19-12-13(9-14-5-1-3-7-17(14)20)10-16-11-15-6-2-4-8-18(15)21-16/h1-8,13,16H,9-12H2. The molecule has 0 aromatic heterocycles. The lowest BCUT2D eigenvalue weighted by atomic mass is 9.94. The van der Waals surface area contributed by atoms with Crippen LogP contribution in [0, 0.1) is 5.92 Å². The molecule has 2 unspecified atom stereocenters. The van der Waals surface area contributed by atoms with Crippen molar-refractivity contribution in [1.82, 2.24) is 0 Å².